The van der Waals surface area contributed by atoms with Gasteiger partial charge in [-0.3, -0.25) is 0 Å². The number of hydrogen-bond donors (Lipinski definition) is 0. The van der Waals surface area contributed by atoms with Crippen LogP contribution >= 0.6 is 11.6 Å². The van der Waals surface area contributed by atoms with Gasteiger partial charge in [-0.1, -0.05) is 11.6 Å². The third-order valence-electron chi connectivity index (χ3n) is 1.32. The Hall–Kier alpha value is -1.16. The van der Waals surface area contributed by atoms with Crippen LogP contribution in [0.4, 0.5) is 0 Å². The molecule has 0 amide bonds. The summed E-state index contributed by atoms with van der Waals surface area (Å²) in [5.74, 6) is 0.694. The number of halogens is 1. The lowest BCUT2D eigenvalue weighted by molar-refractivity contribution is 0.920. The summed E-state index contributed by atoms with van der Waals surface area (Å²) in [7, 11) is 0. The van der Waals surface area contributed by atoms with Gasteiger partial charge < -0.3 is 0 Å². The van der Waals surface area contributed by atoms with Crippen molar-refractivity contribution in [1.82, 2.24) is 19.6 Å². The Balaban J connectivity index is 2.90. The van der Waals surface area contributed by atoms with Crippen molar-refractivity contribution >= 4 is 17.2 Å². The quantitative estimate of drug-likeness (QED) is 0.592. The molecule has 0 aliphatic heterocycles. The van der Waals surface area contributed by atoms with Gasteiger partial charge in [-0.2, -0.15) is 5.10 Å². The summed E-state index contributed by atoms with van der Waals surface area (Å²) in [5.41, 5.74) is 0.603. The summed E-state index contributed by atoms with van der Waals surface area (Å²) in [5, 5.41) is 4.44. The minimum absolute atomic E-state index is 0.383. The van der Waals surface area contributed by atoms with Gasteiger partial charge in [-0.05, 0) is 6.92 Å². The molecule has 0 bridgehead atoms. The molecule has 0 fully saturated rings. The summed E-state index contributed by atoms with van der Waals surface area (Å²) < 4.78 is 1.60. The van der Waals surface area contributed by atoms with E-state index in [1.54, 1.807) is 16.9 Å². The van der Waals surface area contributed by atoms with Crippen molar-refractivity contribution in [2.24, 2.45) is 0 Å². The van der Waals surface area contributed by atoms with E-state index in [0.29, 0.717) is 16.6 Å². The van der Waals surface area contributed by atoms with Gasteiger partial charge >= 0.3 is 0 Å². The van der Waals surface area contributed by atoms with Crippen LogP contribution in [0.2, 0.25) is 5.15 Å². The number of rotatable bonds is 0. The summed E-state index contributed by atoms with van der Waals surface area (Å²) in [6.07, 6.45) is 3.30. The lowest BCUT2D eigenvalue weighted by atomic mass is 10.7. The lowest BCUT2D eigenvalue weighted by Crippen LogP contribution is -1.88. The van der Waals surface area contributed by atoms with Crippen molar-refractivity contribution in [2.75, 3.05) is 0 Å². The molecule has 2 aromatic rings. The van der Waals surface area contributed by atoms with Crippen molar-refractivity contribution in [1.29, 1.82) is 0 Å². The Kier molecular flexibility index (Phi) is 1.29. The number of nitrogens with zero attached hydrogens (tertiary/aromatic N) is 4. The zero-order chi connectivity index (χ0) is 7.84. The standard InChI is InChI=1S/C6H5ClN4/c1-4-9-6-5(7)8-2-3-11(6)10-4/h2-3H,1H3. The van der Waals surface area contributed by atoms with E-state index in [1.807, 2.05) is 6.92 Å². The van der Waals surface area contributed by atoms with E-state index in [4.69, 9.17) is 11.6 Å². The summed E-state index contributed by atoms with van der Waals surface area (Å²) in [6.45, 7) is 1.81. The first-order valence-corrected chi connectivity index (χ1v) is 3.48. The van der Waals surface area contributed by atoms with E-state index in [-0.39, 0.29) is 0 Å². The highest BCUT2D eigenvalue weighted by Crippen LogP contribution is 2.09. The first-order chi connectivity index (χ1) is 5.27. The summed E-state index contributed by atoms with van der Waals surface area (Å²) >= 11 is 5.74. The van der Waals surface area contributed by atoms with Crippen LogP contribution in [-0.4, -0.2) is 19.6 Å². The molecule has 2 heterocycles. The fraction of sp³-hybridized carbons (Fsp3) is 0.167. The van der Waals surface area contributed by atoms with E-state index in [2.05, 4.69) is 15.1 Å². The molecule has 56 valence electrons. The highest BCUT2D eigenvalue weighted by Gasteiger charge is 2.02. The minimum Gasteiger partial charge on any atom is -0.239 e. The van der Waals surface area contributed by atoms with Crippen LogP contribution < -0.4 is 0 Å². The molecule has 2 aromatic heterocycles. The molecule has 0 saturated carbocycles. The van der Waals surface area contributed by atoms with E-state index in [0.717, 1.165) is 0 Å². The van der Waals surface area contributed by atoms with Crippen LogP contribution in [0.15, 0.2) is 12.4 Å². The third kappa shape index (κ3) is 0.952. The molecule has 0 aliphatic rings. The van der Waals surface area contributed by atoms with Gasteiger partial charge in [-0.25, -0.2) is 14.5 Å². The van der Waals surface area contributed by atoms with Crippen molar-refractivity contribution in [3.63, 3.8) is 0 Å². The van der Waals surface area contributed by atoms with Gasteiger partial charge in [0.05, 0.1) is 0 Å². The van der Waals surface area contributed by atoms with Crippen LogP contribution in [0.5, 0.6) is 0 Å². The van der Waals surface area contributed by atoms with Gasteiger partial charge in [0.2, 0.25) is 0 Å². The second kappa shape index (κ2) is 2.17. The highest BCUT2D eigenvalue weighted by molar-refractivity contribution is 6.32. The second-order valence-electron chi connectivity index (χ2n) is 2.15. The molecule has 0 atom stereocenters. The fourth-order valence-electron chi connectivity index (χ4n) is 0.894. The van der Waals surface area contributed by atoms with E-state index >= 15 is 0 Å². The summed E-state index contributed by atoms with van der Waals surface area (Å²) in [6, 6.07) is 0. The maximum absolute atomic E-state index is 5.74. The van der Waals surface area contributed by atoms with Crippen LogP contribution in [0.25, 0.3) is 5.65 Å². The van der Waals surface area contributed by atoms with Crippen LogP contribution in [-0.2, 0) is 0 Å². The highest BCUT2D eigenvalue weighted by atomic mass is 35.5. The molecule has 0 radical (unpaired) electrons. The van der Waals surface area contributed by atoms with Crippen molar-refractivity contribution in [2.45, 2.75) is 6.92 Å². The molecule has 0 aromatic carbocycles. The predicted molar refractivity (Wildman–Crippen MR) is 40.5 cm³/mol. The molecule has 0 unspecified atom stereocenters. The van der Waals surface area contributed by atoms with Gasteiger partial charge in [-0.15, -0.1) is 0 Å². The van der Waals surface area contributed by atoms with Crippen molar-refractivity contribution < 1.29 is 0 Å². The Morgan fingerprint density at radius 2 is 2.36 bits per heavy atom. The zero-order valence-electron chi connectivity index (χ0n) is 5.82. The predicted octanol–water partition coefficient (Wildman–Crippen LogP) is 1.09. The fourth-order valence-corrected chi connectivity index (χ4v) is 1.08. The first-order valence-electron chi connectivity index (χ1n) is 3.11. The number of hydrogen-bond acceptors (Lipinski definition) is 3. The van der Waals surface area contributed by atoms with Gasteiger partial charge in [0.15, 0.2) is 10.8 Å². The zero-order valence-corrected chi connectivity index (χ0v) is 6.58. The number of aromatic nitrogens is 4. The topological polar surface area (TPSA) is 43.1 Å². The lowest BCUT2D eigenvalue weighted by Gasteiger charge is -1.89. The molecule has 4 nitrogen and oxygen atoms in total. The molecule has 0 N–H and O–H groups in total. The van der Waals surface area contributed by atoms with Gasteiger partial charge in [0.25, 0.3) is 0 Å². The van der Waals surface area contributed by atoms with Crippen LogP contribution in [0, 0.1) is 6.92 Å². The van der Waals surface area contributed by atoms with E-state index in [1.165, 1.54) is 0 Å². The van der Waals surface area contributed by atoms with Crippen molar-refractivity contribution in [3.8, 4) is 0 Å². The minimum atomic E-state index is 0.383. The van der Waals surface area contributed by atoms with Crippen LogP contribution in [0.3, 0.4) is 0 Å². The smallest absolute Gasteiger partial charge is 0.193 e. The Morgan fingerprint density at radius 1 is 1.55 bits per heavy atom. The Labute approximate surface area is 67.8 Å². The number of aryl methyl sites for hydroxylation is 1. The molecule has 0 saturated heterocycles. The summed E-state index contributed by atoms with van der Waals surface area (Å²) in [4.78, 5) is 7.93. The Bertz CT molecular complexity index is 394. The second-order valence-corrected chi connectivity index (χ2v) is 2.50. The molecular formula is C6H5ClN4. The Morgan fingerprint density at radius 3 is 3.09 bits per heavy atom. The van der Waals surface area contributed by atoms with Gasteiger partial charge in [0.1, 0.15) is 5.82 Å². The molecule has 2 rings (SSSR count). The van der Waals surface area contributed by atoms with Crippen molar-refractivity contribution in [3.05, 3.63) is 23.4 Å². The molecule has 11 heavy (non-hydrogen) atoms. The number of fused-ring (bicyclic) bond motifs is 1. The molecular weight excluding hydrogens is 164 g/mol. The van der Waals surface area contributed by atoms with E-state index in [9.17, 15) is 0 Å². The SMILES string of the molecule is Cc1nc2c(Cl)nccn2n1. The maximum atomic E-state index is 5.74. The normalized spacial score (nSPS) is 10.7. The van der Waals surface area contributed by atoms with E-state index < -0.39 is 0 Å². The first kappa shape index (κ1) is 6.54. The third-order valence-corrected chi connectivity index (χ3v) is 1.58. The monoisotopic (exact) mass is 168 g/mol. The molecule has 0 spiro atoms. The van der Waals surface area contributed by atoms with Gasteiger partial charge in [0, 0.05) is 12.4 Å². The van der Waals surface area contributed by atoms with Crippen LogP contribution in [0.1, 0.15) is 5.82 Å². The largest absolute Gasteiger partial charge is 0.239 e. The average molecular weight is 169 g/mol. The molecule has 0 aliphatic carbocycles. The maximum Gasteiger partial charge on any atom is 0.193 e. The molecule has 5 heteroatoms. The average Bonchev–Trinajstić information content (AvgIpc) is 2.31.